The predicted molar refractivity (Wildman–Crippen MR) is 106 cm³/mol. The van der Waals surface area contributed by atoms with E-state index in [4.69, 9.17) is 0 Å². The fourth-order valence-corrected chi connectivity index (χ4v) is 4.91. The Bertz CT molecular complexity index is 779. The Morgan fingerprint density at radius 1 is 1.11 bits per heavy atom. The van der Waals surface area contributed by atoms with Crippen molar-refractivity contribution in [3.63, 3.8) is 0 Å². The van der Waals surface area contributed by atoms with Crippen molar-refractivity contribution in [2.24, 2.45) is 11.3 Å². The summed E-state index contributed by atoms with van der Waals surface area (Å²) in [7, 11) is 4.27. The van der Waals surface area contributed by atoms with E-state index in [0.717, 1.165) is 39.3 Å². The van der Waals surface area contributed by atoms with Crippen LogP contribution in [0, 0.1) is 11.3 Å². The molecule has 1 amide bonds. The van der Waals surface area contributed by atoms with Crippen molar-refractivity contribution in [3.05, 3.63) is 66.0 Å². The summed E-state index contributed by atoms with van der Waals surface area (Å²) < 4.78 is 0. The monoisotopic (exact) mass is 364 g/mol. The molecule has 5 nitrogen and oxygen atoms in total. The normalized spacial score (nSPS) is 25.1. The number of hydrogen-bond acceptors (Lipinski definition) is 4. The number of fused-ring (bicyclic) bond motifs is 1. The summed E-state index contributed by atoms with van der Waals surface area (Å²) in [4.78, 5) is 24.0. The number of nitrogens with zero attached hydrogens (tertiary/aromatic N) is 4. The lowest BCUT2D eigenvalue weighted by atomic mass is 9.80. The van der Waals surface area contributed by atoms with Crippen molar-refractivity contribution < 1.29 is 4.79 Å². The van der Waals surface area contributed by atoms with Crippen molar-refractivity contribution in [1.82, 2.24) is 19.7 Å². The zero-order chi connectivity index (χ0) is 18.9. The van der Waals surface area contributed by atoms with Crippen LogP contribution >= 0.6 is 0 Å². The number of rotatable bonds is 5. The Morgan fingerprint density at radius 2 is 1.89 bits per heavy atom. The van der Waals surface area contributed by atoms with Crippen molar-refractivity contribution in [1.29, 1.82) is 0 Å². The molecular weight excluding hydrogens is 336 g/mol. The van der Waals surface area contributed by atoms with Gasteiger partial charge in [-0.3, -0.25) is 14.7 Å². The van der Waals surface area contributed by atoms with Gasteiger partial charge >= 0.3 is 0 Å². The van der Waals surface area contributed by atoms with Gasteiger partial charge in [-0.1, -0.05) is 36.4 Å². The molecular formula is C22H28N4O. The summed E-state index contributed by atoms with van der Waals surface area (Å²) >= 11 is 0. The van der Waals surface area contributed by atoms with E-state index in [-0.39, 0.29) is 11.3 Å². The molecule has 0 aliphatic carbocycles. The van der Waals surface area contributed by atoms with Gasteiger partial charge in [0, 0.05) is 50.9 Å². The molecule has 1 aromatic heterocycles. The lowest BCUT2D eigenvalue weighted by Crippen LogP contribution is -2.42. The van der Waals surface area contributed by atoms with Gasteiger partial charge in [-0.15, -0.1) is 0 Å². The molecule has 1 aromatic carbocycles. The van der Waals surface area contributed by atoms with Gasteiger partial charge in [-0.25, -0.2) is 0 Å². The molecule has 4 rings (SSSR count). The van der Waals surface area contributed by atoms with Crippen LogP contribution in [0.3, 0.4) is 0 Å². The number of aromatic nitrogens is 1. The van der Waals surface area contributed by atoms with Crippen LogP contribution in [0.1, 0.15) is 16.1 Å². The number of amides is 1. The third kappa shape index (κ3) is 3.75. The van der Waals surface area contributed by atoms with Gasteiger partial charge in [0.2, 0.25) is 0 Å². The third-order valence-corrected chi connectivity index (χ3v) is 5.88. The minimum Gasteiger partial charge on any atom is -0.336 e. The van der Waals surface area contributed by atoms with Crippen LogP contribution in [0.4, 0.5) is 0 Å². The molecule has 0 bridgehead atoms. The molecule has 2 aliphatic heterocycles. The minimum absolute atomic E-state index is 0.0674. The SMILES string of the molecule is CN(C)C[C@@]12CN(Cc3ccccc3)C[C@@H]1CN(C(=O)c1ccccn1)C2. The predicted octanol–water partition coefficient (Wildman–Crippen LogP) is 2.22. The maximum Gasteiger partial charge on any atom is 0.272 e. The van der Waals surface area contributed by atoms with Crippen LogP contribution in [-0.2, 0) is 6.54 Å². The number of benzene rings is 1. The number of hydrogen-bond donors (Lipinski definition) is 0. The summed E-state index contributed by atoms with van der Waals surface area (Å²) in [6.07, 6.45) is 1.70. The highest BCUT2D eigenvalue weighted by atomic mass is 16.2. The van der Waals surface area contributed by atoms with Gasteiger partial charge in [0.1, 0.15) is 5.69 Å². The molecule has 2 aromatic rings. The molecule has 3 heterocycles. The fourth-order valence-electron chi connectivity index (χ4n) is 4.91. The van der Waals surface area contributed by atoms with Crippen molar-refractivity contribution in [2.75, 3.05) is 46.8 Å². The molecule has 0 N–H and O–H groups in total. The lowest BCUT2D eigenvalue weighted by Gasteiger charge is -2.32. The smallest absolute Gasteiger partial charge is 0.272 e. The number of carbonyl (C=O) groups excluding carboxylic acids is 1. The van der Waals surface area contributed by atoms with Crippen LogP contribution in [0.2, 0.25) is 0 Å². The molecule has 2 saturated heterocycles. The van der Waals surface area contributed by atoms with E-state index in [1.54, 1.807) is 6.20 Å². The standard InChI is InChI=1S/C22H28N4O/c1-24(2)15-22-16-25(12-18-8-4-3-5-9-18)13-19(22)14-26(17-22)21(27)20-10-6-7-11-23-20/h3-11,19H,12-17H2,1-2H3/t19-,22+/m1/s1. The van der Waals surface area contributed by atoms with E-state index in [1.165, 1.54) is 5.56 Å². The first-order valence-electron chi connectivity index (χ1n) is 9.67. The molecule has 0 spiro atoms. The van der Waals surface area contributed by atoms with Crippen LogP contribution in [0.15, 0.2) is 54.7 Å². The van der Waals surface area contributed by atoms with E-state index in [0.29, 0.717) is 11.6 Å². The zero-order valence-corrected chi connectivity index (χ0v) is 16.2. The molecule has 0 saturated carbocycles. The molecule has 2 aliphatic rings. The Labute approximate surface area is 161 Å². The Balaban J connectivity index is 1.50. The van der Waals surface area contributed by atoms with Crippen molar-refractivity contribution in [2.45, 2.75) is 6.54 Å². The molecule has 0 unspecified atom stereocenters. The summed E-state index contributed by atoms with van der Waals surface area (Å²) in [5, 5.41) is 0. The Kier molecular flexibility index (Phi) is 4.98. The second-order valence-corrected chi connectivity index (χ2v) is 8.35. The van der Waals surface area contributed by atoms with Crippen molar-refractivity contribution >= 4 is 5.91 Å². The van der Waals surface area contributed by atoms with E-state index < -0.39 is 0 Å². The minimum atomic E-state index is 0.0674. The summed E-state index contributed by atoms with van der Waals surface area (Å²) in [6.45, 7) is 5.73. The van der Waals surface area contributed by atoms with Crippen LogP contribution in [0.25, 0.3) is 0 Å². The Morgan fingerprint density at radius 3 is 2.59 bits per heavy atom. The highest BCUT2D eigenvalue weighted by molar-refractivity contribution is 5.92. The van der Waals surface area contributed by atoms with E-state index >= 15 is 0 Å². The number of likely N-dealkylation sites (tertiary alicyclic amines) is 2. The van der Waals surface area contributed by atoms with E-state index in [1.807, 2.05) is 23.1 Å². The molecule has 2 fully saturated rings. The zero-order valence-electron chi connectivity index (χ0n) is 16.2. The number of pyridine rings is 1. The third-order valence-electron chi connectivity index (χ3n) is 5.88. The maximum atomic E-state index is 12.9. The average molecular weight is 364 g/mol. The molecule has 0 radical (unpaired) electrons. The van der Waals surface area contributed by atoms with Crippen LogP contribution < -0.4 is 0 Å². The van der Waals surface area contributed by atoms with Gasteiger partial charge in [-0.2, -0.15) is 0 Å². The second kappa shape index (κ2) is 7.41. The topological polar surface area (TPSA) is 39.7 Å². The van der Waals surface area contributed by atoms with Crippen molar-refractivity contribution in [3.8, 4) is 0 Å². The molecule has 5 heteroatoms. The van der Waals surface area contributed by atoms with E-state index in [9.17, 15) is 4.79 Å². The average Bonchev–Trinajstić information content (AvgIpc) is 3.15. The van der Waals surface area contributed by atoms with Gasteiger partial charge < -0.3 is 9.80 Å². The quantitative estimate of drug-likeness (QED) is 0.816. The van der Waals surface area contributed by atoms with Gasteiger partial charge in [0.25, 0.3) is 5.91 Å². The lowest BCUT2D eigenvalue weighted by molar-refractivity contribution is 0.0742. The summed E-state index contributed by atoms with van der Waals surface area (Å²) in [5.74, 6) is 0.578. The largest absolute Gasteiger partial charge is 0.336 e. The van der Waals surface area contributed by atoms with Gasteiger partial charge in [0.15, 0.2) is 0 Å². The van der Waals surface area contributed by atoms with Gasteiger partial charge in [0.05, 0.1) is 0 Å². The molecule has 142 valence electrons. The highest BCUT2D eigenvalue weighted by Crippen LogP contribution is 2.43. The summed E-state index contributed by atoms with van der Waals surface area (Å²) in [6, 6.07) is 16.2. The maximum absolute atomic E-state index is 12.9. The molecule has 2 atom stereocenters. The van der Waals surface area contributed by atoms with Crippen LogP contribution in [0.5, 0.6) is 0 Å². The highest BCUT2D eigenvalue weighted by Gasteiger charge is 2.53. The first kappa shape index (κ1) is 18.1. The van der Waals surface area contributed by atoms with Crippen LogP contribution in [-0.4, -0.2) is 72.4 Å². The Hall–Kier alpha value is -2.24. The van der Waals surface area contributed by atoms with E-state index in [2.05, 4.69) is 59.2 Å². The first-order valence-corrected chi connectivity index (χ1v) is 9.67. The van der Waals surface area contributed by atoms with Gasteiger partial charge in [-0.05, 0) is 37.7 Å². The second-order valence-electron chi connectivity index (χ2n) is 8.35. The number of carbonyl (C=O) groups is 1. The first-order chi connectivity index (χ1) is 13.1. The molecule has 27 heavy (non-hydrogen) atoms. The fraction of sp³-hybridized carbons (Fsp3) is 0.455. The summed E-state index contributed by atoms with van der Waals surface area (Å²) in [5.41, 5.74) is 2.06.